The minimum atomic E-state index is -0.0924. The summed E-state index contributed by atoms with van der Waals surface area (Å²) in [6, 6.07) is 12.8. The Labute approximate surface area is 196 Å². The van der Waals surface area contributed by atoms with Gasteiger partial charge < -0.3 is 5.32 Å². The minimum absolute atomic E-state index is 0.0367. The maximum Gasteiger partial charge on any atom is 0.243 e. The van der Waals surface area contributed by atoms with E-state index >= 15 is 0 Å². The molecule has 2 unspecified atom stereocenters. The summed E-state index contributed by atoms with van der Waals surface area (Å²) in [7, 11) is 0. The first kappa shape index (κ1) is 22.1. The lowest BCUT2D eigenvalue weighted by Gasteiger charge is -2.29. The molecule has 1 fully saturated rings. The molecule has 0 saturated heterocycles. The Morgan fingerprint density at radius 2 is 1.68 bits per heavy atom. The molecule has 1 amide bonds. The summed E-state index contributed by atoms with van der Waals surface area (Å²) in [5, 5.41) is 14.0. The van der Waals surface area contributed by atoms with Gasteiger partial charge in [-0.05, 0) is 49.1 Å². The van der Waals surface area contributed by atoms with Crippen molar-refractivity contribution in [1.82, 2.24) is 20.3 Å². The molecule has 1 aromatic heterocycles. The van der Waals surface area contributed by atoms with E-state index in [4.69, 9.17) is 34.8 Å². The lowest BCUT2D eigenvalue weighted by molar-refractivity contribution is -0.123. The second-order valence-electron chi connectivity index (χ2n) is 7.99. The number of halogens is 3. The third-order valence-electron chi connectivity index (χ3n) is 5.70. The Kier molecular flexibility index (Phi) is 6.85. The zero-order chi connectivity index (χ0) is 22.0. The van der Waals surface area contributed by atoms with Gasteiger partial charge in [-0.15, -0.1) is 0 Å². The van der Waals surface area contributed by atoms with Gasteiger partial charge in [0.05, 0.1) is 5.02 Å². The van der Waals surface area contributed by atoms with Crippen LogP contribution in [0, 0.1) is 5.92 Å². The molecule has 5 nitrogen and oxygen atoms in total. The average Bonchev–Trinajstić information content (AvgIpc) is 3.13. The van der Waals surface area contributed by atoms with Crippen LogP contribution in [0.5, 0.6) is 0 Å². The Balaban J connectivity index is 1.64. The van der Waals surface area contributed by atoms with Crippen LogP contribution in [0.4, 0.5) is 0 Å². The van der Waals surface area contributed by atoms with Crippen molar-refractivity contribution in [2.75, 3.05) is 0 Å². The van der Waals surface area contributed by atoms with Gasteiger partial charge in [0, 0.05) is 27.2 Å². The fraction of sp³-hybridized carbons (Fsp3) is 0.348. The normalized spacial score (nSPS) is 18.7. The van der Waals surface area contributed by atoms with Gasteiger partial charge in [0.1, 0.15) is 17.9 Å². The number of carbonyl (C=O) groups is 1. The van der Waals surface area contributed by atoms with Gasteiger partial charge in [0.25, 0.3) is 0 Å². The maximum absolute atomic E-state index is 12.7. The topological polar surface area (TPSA) is 59.8 Å². The largest absolute Gasteiger partial charge is 0.351 e. The smallest absolute Gasteiger partial charge is 0.243 e. The lowest BCUT2D eigenvalue weighted by atomic mass is 9.86. The Morgan fingerprint density at radius 1 is 1.00 bits per heavy atom. The number of hydrogen-bond donors (Lipinski definition) is 1. The van der Waals surface area contributed by atoms with Crippen molar-refractivity contribution < 1.29 is 4.79 Å². The van der Waals surface area contributed by atoms with Crippen molar-refractivity contribution in [3.05, 3.63) is 57.5 Å². The number of benzene rings is 2. The molecule has 0 radical (unpaired) electrons. The Morgan fingerprint density at radius 3 is 2.39 bits per heavy atom. The highest BCUT2D eigenvalue weighted by molar-refractivity contribution is 6.36. The van der Waals surface area contributed by atoms with E-state index in [2.05, 4.69) is 22.4 Å². The highest BCUT2D eigenvalue weighted by Gasteiger charge is 2.24. The van der Waals surface area contributed by atoms with E-state index in [9.17, 15) is 4.79 Å². The first-order valence-electron chi connectivity index (χ1n) is 10.4. The molecule has 162 valence electrons. The lowest BCUT2D eigenvalue weighted by Crippen LogP contribution is -2.42. The molecule has 1 aliphatic rings. The van der Waals surface area contributed by atoms with E-state index in [0.29, 0.717) is 37.9 Å². The molecular formula is C23H23Cl3N4O. The first-order valence-corrected chi connectivity index (χ1v) is 11.5. The van der Waals surface area contributed by atoms with Crippen LogP contribution < -0.4 is 5.32 Å². The van der Waals surface area contributed by atoms with E-state index in [0.717, 1.165) is 24.8 Å². The van der Waals surface area contributed by atoms with E-state index in [1.807, 2.05) is 18.2 Å². The molecule has 1 heterocycles. The van der Waals surface area contributed by atoms with Gasteiger partial charge in [-0.25, -0.2) is 0 Å². The number of nitrogens with zero attached hydrogens (tertiary/aromatic N) is 3. The maximum atomic E-state index is 12.7. The SMILES string of the molecule is CC1CCCCC1NC(=O)Cn1nc(-c2ccc(Cl)cc2)c(-c2ccc(Cl)cc2Cl)n1. The zero-order valence-corrected chi connectivity index (χ0v) is 19.4. The fourth-order valence-corrected chi connectivity index (χ4v) is 4.62. The van der Waals surface area contributed by atoms with Gasteiger partial charge >= 0.3 is 0 Å². The van der Waals surface area contributed by atoms with E-state index in [1.165, 1.54) is 11.2 Å². The van der Waals surface area contributed by atoms with E-state index in [-0.39, 0.29) is 18.5 Å². The Bertz CT molecular complexity index is 1080. The molecule has 2 aromatic carbocycles. The second-order valence-corrected chi connectivity index (χ2v) is 9.27. The number of carbonyl (C=O) groups excluding carboxylic acids is 1. The van der Waals surface area contributed by atoms with Crippen LogP contribution in [-0.2, 0) is 11.3 Å². The molecule has 0 bridgehead atoms. The van der Waals surface area contributed by atoms with Crippen molar-refractivity contribution in [1.29, 1.82) is 0 Å². The van der Waals surface area contributed by atoms with Gasteiger partial charge in [0.15, 0.2) is 0 Å². The van der Waals surface area contributed by atoms with Gasteiger partial charge in [0.2, 0.25) is 5.91 Å². The van der Waals surface area contributed by atoms with Gasteiger partial charge in [-0.1, -0.05) is 66.7 Å². The quantitative estimate of drug-likeness (QED) is 0.471. The summed E-state index contributed by atoms with van der Waals surface area (Å²) in [6.45, 7) is 2.23. The molecule has 1 aliphatic carbocycles. The zero-order valence-electron chi connectivity index (χ0n) is 17.1. The molecule has 0 aliphatic heterocycles. The van der Waals surface area contributed by atoms with Crippen LogP contribution in [-0.4, -0.2) is 26.9 Å². The number of nitrogens with one attached hydrogen (secondary N) is 1. The third-order valence-corrected chi connectivity index (χ3v) is 6.50. The molecular weight excluding hydrogens is 455 g/mol. The number of rotatable bonds is 5. The van der Waals surface area contributed by atoms with Crippen LogP contribution in [0.1, 0.15) is 32.6 Å². The predicted molar refractivity (Wildman–Crippen MR) is 125 cm³/mol. The molecule has 1 saturated carbocycles. The predicted octanol–water partition coefficient (Wildman–Crippen LogP) is 6.27. The number of aromatic nitrogens is 3. The molecule has 2 atom stereocenters. The summed E-state index contributed by atoms with van der Waals surface area (Å²) >= 11 is 18.6. The highest BCUT2D eigenvalue weighted by Crippen LogP contribution is 2.35. The fourth-order valence-electron chi connectivity index (χ4n) is 4.00. The average molecular weight is 478 g/mol. The summed E-state index contributed by atoms with van der Waals surface area (Å²) in [5.41, 5.74) is 2.74. The summed E-state index contributed by atoms with van der Waals surface area (Å²) < 4.78 is 0. The molecule has 8 heteroatoms. The molecule has 31 heavy (non-hydrogen) atoms. The highest BCUT2D eigenvalue weighted by atomic mass is 35.5. The van der Waals surface area contributed by atoms with Crippen molar-refractivity contribution in [3.8, 4) is 22.5 Å². The van der Waals surface area contributed by atoms with Crippen molar-refractivity contribution in [2.45, 2.75) is 45.2 Å². The third kappa shape index (κ3) is 5.22. The van der Waals surface area contributed by atoms with Crippen LogP contribution in [0.25, 0.3) is 22.5 Å². The monoisotopic (exact) mass is 476 g/mol. The first-order chi connectivity index (χ1) is 14.9. The summed E-state index contributed by atoms with van der Waals surface area (Å²) in [4.78, 5) is 14.1. The van der Waals surface area contributed by atoms with E-state index in [1.54, 1.807) is 24.3 Å². The number of hydrogen-bond acceptors (Lipinski definition) is 3. The van der Waals surface area contributed by atoms with E-state index < -0.39 is 0 Å². The van der Waals surface area contributed by atoms with Crippen LogP contribution in [0.3, 0.4) is 0 Å². The van der Waals surface area contributed by atoms with Crippen molar-refractivity contribution in [2.24, 2.45) is 5.92 Å². The van der Waals surface area contributed by atoms with Gasteiger partial charge in [-0.2, -0.15) is 15.0 Å². The van der Waals surface area contributed by atoms with Crippen LogP contribution in [0.15, 0.2) is 42.5 Å². The number of amides is 1. The Hall–Kier alpha value is -2.08. The molecule has 4 rings (SSSR count). The minimum Gasteiger partial charge on any atom is -0.351 e. The van der Waals surface area contributed by atoms with Crippen LogP contribution >= 0.6 is 34.8 Å². The summed E-state index contributed by atoms with van der Waals surface area (Å²) in [6.07, 6.45) is 4.53. The van der Waals surface area contributed by atoms with Crippen molar-refractivity contribution in [3.63, 3.8) is 0 Å². The summed E-state index contributed by atoms with van der Waals surface area (Å²) in [5.74, 6) is 0.390. The standard InChI is InChI=1S/C23H23Cl3N4O/c1-14-4-2-3-5-20(14)27-21(31)13-30-28-22(15-6-8-16(24)9-7-15)23(29-30)18-11-10-17(25)12-19(18)26/h6-12,14,20H,2-5,13H2,1H3,(H,27,31). The molecule has 3 aromatic rings. The van der Waals surface area contributed by atoms with Crippen LogP contribution in [0.2, 0.25) is 15.1 Å². The van der Waals surface area contributed by atoms with Crippen molar-refractivity contribution >= 4 is 40.7 Å². The second kappa shape index (κ2) is 9.60. The molecule has 1 N–H and O–H groups in total. The molecule has 0 spiro atoms. The van der Waals surface area contributed by atoms with Gasteiger partial charge in [-0.3, -0.25) is 4.79 Å².